The monoisotopic (exact) mass is 393 g/mol. The number of nitrogens with two attached hydrogens (primary N) is 1. The Morgan fingerprint density at radius 1 is 1.29 bits per heavy atom. The number of carbonyl (C=O) groups excluding carboxylic acids is 1. The van der Waals surface area contributed by atoms with E-state index in [-0.39, 0.29) is 23.0 Å². The van der Waals surface area contributed by atoms with E-state index in [2.05, 4.69) is 16.6 Å². The SMILES string of the molecule is C=CCNS(=O)(=O)c1cc(S(N)(=O)=O)c(Cl)cc1N/C=C\C(C)=O. The van der Waals surface area contributed by atoms with Gasteiger partial charge in [-0.25, -0.2) is 26.7 Å². The maximum Gasteiger partial charge on any atom is 0.242 e. The Hall–Kier alpha value is -1.72. The van der Waals surface area contributed by atoms with Crippen LogP contribution in [0.1, 0.15) is 6.92 Å². The standard InChI is InChI=1S/C13H16ClN3O5S2/c1-3-5-17-24(21,22)13-8-12(23(15,19)20)10(14)7-11(13)16-6-4-9(2)18/h3-4,6-8,16-17H,1,5H2,2H3,(H2,15,19,20)/b6-4-. The highest BCUT2D eigenvalue weighted by Gasteiger charge is 2.24. The van der Waals surface area contributed by atoms with Gasteiger partial charge >= 0.3 is 0 Å². The van der Waals surface area contributed by atoms with Crippen LogP contribution in [-0.2, 0) is 24.8 Å². The molecule has 0 aliphatic carbocycles. The number of nitrogens with one attached hydrogen (secondary N) is 2. The Kier molecular flexibility index (Phi) is 6.69. The second kappa shape index (κ2) is 7.90. The van der Waals surface area contributed by atoms with Gasteiger partial charge in [0.05, 0.1) is 10.7 Å². The molecule has 0 bridgehead atoms. The first-order chi connectivity index (χ1) is 11.0. The van der Waals surface area contributed by atoms with E-state index in [4.69, 9.17) is 16.7 Å². The van der Waals surface area contributed by atoms with Gasteiger partial charge in [0.2, 0.25) is 20.0 Å². The quantitative estimate of drug-likeness (QED) is 0.444. The molecule has 1 aromatic carbocycles. The number of hydrogen-bond acceptors (Lipinski definition) is 6. The summed E-state index contributed by atoms with van der Waals surface area (Å²) in [4.78, 5) is 9.98. The largest absolute Gasteiger partial charge is 0.360 e. The van der Waals surface area contributed by atoms with E-state index in [1.54, 1.807) is 0 Å². The molecule has 0 radical (unpaired) electrons. The van der Waals surface area contributed by atoms with Crippen LogP contribution in [0.2, 0.25) is 5.02 Å². The summed E-state index contributed by atoms with van der Waals surface area (Å²) in [6, 6.07) is 1.93. The predicted molar refractivity (Wildman–Crippen MR) is 91.7 cm³/mol. The van der Waals surface area contributed by atoms with E-state index in [1.165, 1.54) is 19.2 Å². The second-order valence-corrected chi connectivity index (χ2v) is 8.23. The van der Waals surface area contributed by atoms with Crippen molar-refractivity contribution in [1.82, 2.24) is 4.72 Å². The summed E-state index contributed by atoms with van der Waals surface area (Å²) in [5, 5.41) is 7.35. The summed E-state index contributed by atoms with van der Waals surface area (Å²) in [7, 11) is -8.32. The highest BCUT2D eigenvalue weighted by Crippen LogP contribution is 2.31. The lowest BCUT2D eigenvalue weighted by atomic mass is 10.3. The van der Waals surface area contributed by atoms with Gasteiger partial charge in [-0.3, -0.25) is 4.79 Å². The van der Waals surface area contributed by atoms with Crippen LogP contribution in [0.15, 0.2) is 46.9 Å². The highest BCUT2D eigenvalue weighted by atomic mass is 35.5. The fourth-order valence-corrected chi connectivity index (χ4v) is 3.93. The van der Waals surface area contributed by atoms with E-state index < -0.39 is 29.8 Å². The zero-order valence-electron chi connectivity index (χ0n) is 12.6. The maximum atomic E-state index is 12.3. The van der Waals surface area contributed by atoms with Crippen molar-refractivity contribution in [3.05, 3.63) is 42.1 Å². The summed E-state index contributed by atoms with van der Waals surface area (Å²) in [6.07, 6.45) is 3.68. The number of ketones is 1. The van der Waals surface area contributed by atoms with Crippen LogP contribution in [0, 0.1) is 0 Å². The highest BCUT2D eigenvalue weighted by molar-refractivity contribution is 7.90. The van der Waals surface area contributed by atoms with Crippen molar-refractivity contribution in [2.75, 3.05) is 11.9 Å². The lowest BCUT2D eigenvalue weighted by Gasteiger charge is -2.13. The van der Waals surface area contributed by atoms with Crippen molar-refractivity contribution in [1.29, 1.82) is 0 Å². The van der Waals surface area contributed by atoms with Gasteiger partial charge in [0.15, 0.2) is 5.78 Å². The lowest BCUT2D eigenvalue weighted by Crippen LogP contribution is -2.25. The molecular formula is C13H16ClN3O5S2. The minimum Gasteiger partial charge on any atom is -0.360 e. The van der Waals surface area contributed by atoms with Crippen molar-refractivity contribution in [2.24, 2.45) is 5.14 Å². The molecule has 0 atom stereocenters. The molecule has 0 aromatic heterocycles. The summed E-state index contributed by atoms with van der Waals surface area (Å²) in [5.74, 6) is -0.274. The van der Waals surface area contributed by atoms with Crippen LogP contribution in [0.25, 0.3) is 0 Å². The van der Waals surface area contributed by atoms with Gasteiger partial charge in [-0.15, -0.1) is 6.58 Å². The normalized spacial score (nSPS) is 12.3. The molecule has 0 aliphatic rings. The minimum absolute atomic E-state index is 0.0264. The molecule has 4 N–H and O–H groups in total. The molecule has 0 aliphatic heterocycles. The Labute approximate surface area is 145 Å². The average molecular weight is 394 g/mol. The molecule has 1 rings (SSSR count). The van der Waals surface area contributed by atoms with Gasteiger partial charge in [0.25, 0.3) is 0 Å². The fraction of sp³-hybridized carbons (Fsp3) is 0.154. The number of benzene rings is 1. The summed E-state index contributed by atoms with van der Waals surface area (Å²) in [5.41, 5.74) is -0.0264. The van der Waals surface area contributed by atoms with E-state index >= 15 is 0 Å². The number of sulfonamides is 2. The summed E-state index contributed by atoms with van der Waals surface area (Å²) in [6.45, 7) is 4.62. The Balaban J connectivity index is 3.54. The molecule has 24 heavy (non-hydrogen) atoms. The smallest absolute Gasteiger partial charge is 0.242 e. The number of halogens is 1. The number of rotatable bonds is 8. The van der Waals surface area contributed by atoms with Crippen molar-refractivity contribution < 1.29 is 21.6 Å². The number of allylic oxidation sites excluding steroid dienone is 1. The van der Waals surface area contributed by atoms with Gasteiger partial charge in [-0.1, -0.05) is 17.7 Å². The van der Waals surface area contributed by atoms with E-state index in [1.807, 2.05) is 0 Å². The van der Waals surface area contributed by atoms with Gasteiger partial charge < -0.3 is 5.32 Å². The van der Waals surface area contributed by atoms with Crippen molar-refractivity contribution >= 4 is 43.1 Å². The Morgan fingerprint density at radius 2 is 1.92 bits per heavy atom. The molecule has 0 saturated heterocycles. The van der Waals surface area contributed by atoms with Crippen LogP contribution in [0.4, 0.5) is 5.69 Å². The van der Waals surface area contributed by atoms with Crippen LogP contribution < -0.4 is 15.2 Å². The van der Waals surface area contributed by atoms with Crippen LogP contribution in [0.3, 0.4) is 0 Å². The van der Waals surface area contributed by atoms with Crippen molar-refractivity contribution in [2.45, 2.75) is 16.7 Å². The Morgan fingerprint density at radius 3 is 2.42 bits per heavy atom. The zero-order valence-corrected chi connectivity index (χ0v) is 15.0. The third kappa shape index (κ3) is 5.42. The summed E-state index contributed by atoms with van der Waals surface area (Å²) < 4.78 is 50.0. The summed E-state index contributed by atoms with van der Waals surface area (Å²) >= 11 is 5.86. The van der Waals surface area contributed by atoms with Gasteiger partial charge in [0, 0.05) is 12.7 Å². The molecule has 0 saturated carbocycles. The van der Waals surface area contributed by atoms with Crippen LogP contribution in [-0.4, -0.2) is 29.2 Å². The molecule has 8 nitrogen and oxygen atoms in total. The molecule has 0 heterocycles. The zero-order chi connectivity index (χ0) is 18.5. The average Bonchev–Trinajstić information content (AvgIpc) is 2.43. The molecular weight excluding hydrogens is 378 g/mol. The number of primary sulfonamides is 1. The number of carbonyl (C=O) groups is 1. The Bertz CT molecular complexity index is 892. The maximum absolute atomic E-state index is 12.3. The lowest BCUT2D eigenvalue weighted by molar-refractivity contribution is -0.112. The topological polar surface area (TPSA) is 135 Å². The molecule has 1 aromatic rings. The van der Waals surface area contributed by atoms with E-state index in [9.17, 15) is 21.6 Å². The van der Waals surface area contributed by atoms with Gasteiger partial charge in [-0.05, 0) is 25.1 Å². The fourth-order valence-electron chi connectivity index (χ4n) is 1.58. The number of hydrogen-bond donors (Lipinski definition) is 3. The van der Waals surface area contributed by atoms with Crippen molar-refractivity contribution in [3.8, 4) is 0 Å². The first-order valence-corrected chi connectivity index (χ1v) is 9.80. The third-order valence-corrected chi connectivity index (χ3v) is 5.44. The first kappa shape index (κ1) is 20.3. The number of anilines is 1. The van der Waals surface area contributed by atoms with Crippen molar-refractivity contribution in [3.63, 3.8) is 0 Å². The molecule has 0 amide bonds. The van der Waals surface area contributed by atoms with Gasteiger partial charge in [-0.2, -0.15) is 0 Å². The minimum atomic E-state index is -4.23. The molecule has 0 spiro atoms. The molecule has 0 fully saturated rings. The van der Waals surface area contributed by atoms with Crippen LogP contribution in [0.5, 0.6) is 0 Å². The van der Waals surface area contributed by atoms with E-state index in [0.717, 1.165) is 18.2 Å². The second-order valence-electron chi connectivity index (χ2n) is 4.55. The molecule has 11 heteroatoms. The third-order valence-electron chi connectivity index (χ3n) is 2.60. The van der Waals surface area contributed by atoms with E-state index in [0.29, 0.717) is 0 Å². The van der Waals surface area contributed by atoms with Crippen LogP contribution >= 0.6 is 11.6 Å². The first-order valence-electron chi connectivity index (χ1n) is 6.39. The molecule has 0 unspecified atom stereocenters. The predicted octanol–water partition coefficient (Wildman–Crippen LogP) is 0.966. The van der Waals surface area contributed by atoms with Gasteiger partial charge in [0.1, 0.15) is 9.79 Å². The molecule has 132 valence electrons.